The Hall–Kier alpha value is -1.52. The van der Waals surface area contributed by atoms with Crippen molar-refractivity contribution in [1.29, 1.82) is 0 Å². The maximum Gasteiger partial charge on any atom is 0.142 e. The predicted molar refractivity (Wildman–Crippen MR) is 83.2 cm³/mol. The maximum atomic E-state index is 4.66. The molecular formula is C15H11BrN2S. The smallest absolute Gasteiger partial charge is 0.142 e. The van der Waals surface area contributed by atoms with E-state index in [2.05, 4.69) is 56.4 Å². The van der Waals surface area contributed by atoms with Crippen molar-refractivity contribution in [2.24, 2.45) is 0 Å². The summed E-state index contributed by atoms with van der Waals surface area (Å²) in [5.41, 5.74) is 4.26. The Kier molecular flexibility index (Phi) is 3.44. The van der Waals surface area contributed by atoms with Gasteiger partial charge in [0.15, 0.2) is 0 Å². The highest BCUT2D eigenvalue weighted by Crippen LogP contribution is 2.28. The van der Waals surface area contributed by atoms with Gasteiger partial charge in [-0.05, 0) is 36.8 Å². The number of aryl methyl sites for hydroxylation is 1. The molecule has 19 heavy (non-hydrogen) atoms. The van der Waals surface area contributed by atoms with E-state index in [0.717, 1.165) is 26.4 Å². The van der Waals surface area contributed by atoms with E-state index in [1.54, 1.807) is 11.3 Å². The van der Waals surface area contributed by atoms with Crippen LogP contribution < -0.4 is 0 Å². The van der Waals surface area contributed by atoms with Crippen LogP contribution in [0.5, 0.6) is 0 Å². The lowest BCUT2D eigenvalue weighted by molar-refractivity contribution is 1.26. The molecule has 0 aliphatic rings. The van der Waals surface area contributed by atoms with Crippen LogP contribution in [0.2, 0.25) is 0 Å². The zero-order chi connectivity index (χ0) is 13.2. The molecule has 0 spiro atoms. The number of hydrogen-bond donors (Lipinski definition) is 0. The summed E-state index contributed by atoms with van der Waals surface area (Å²) in [5, 5.41) is 3.03. The fourth-order valence-electron chi connectivity index (χ4n) is 1.80. The van der Waals surface area contributed by atoms with Gasteiger partial charge in [-0.2, -0.15) is 0 Å². The molecule has 0 fully saturated rings. The summed E-state index contributed by atoms with van der Waals surface area (Å²) in [5.74, 6) is 0. The normalized spacial score (nSPS) is 10.6. The third-order valence-corrected chi connectivity index (χ3v) is 4.17. The quantitative estimate of drug-likeness (QED) is 0.664. The van der Waals surface area contributed by atoms with Crippen molar-refractivity contribution in [1.82, 2.24) is 9.97 Å². The standard InChI is InChI=1S/C15H11BrN2S/c1-10-6-7-17-13(8-10)15-18-14(9-19-15)11-2-4-12(16)5-3-11/h2-9H,1H3. The van der Waals surface area contributed by atoms with E-state index in [4.69, 9.17) is 0 Å². The van der Waals surface area contributed by atoms with Crippen molar-refractivity contribution in [3.05, 3.63) is 58.0 Å². The number of halogens is 1. The van der Waals surface area contributed by atoms with Gasteiger partial charge in [-0.25, -0.2) is 4.98 Å². The van der Waals surface area contributed by atoms with Crippen LogP contribution in [0.4, 0.5) is 0 Å². The highest BCUT2D eigenvalue weighted by molar-refractivity contribution is 9.10. The molecule has 0 radical (unpaired) electrons. The van der Waals surface area contributed by atoms with Crippen molar-refractivity contribution >= 4 is 27.3 Å². The molecule has 2 nitrogen and oxygen atoms in total. The molecule has 0 bridgehead atoms. The monoisotopic (exact) mass is 330 g/mol. The molecule has 0 amide bonds. The zero-order valence-electron chi connectivity index (χ0n) is 10.3. The molecular weight excluding hydrogens is 320 g/mol. The van der Waals surface area contributed by atoms with Gasteiger partial charge < -0.3 is 0 Å². The molecule has 94 valence electrons. The topological polar surface area (TPSA) is 25.8 Å². The molecule has 0 aliphatic heterocycles. The van der Waals surface area contributed by atoms with Gasteiger partial charge in [0, 0.05) is 21.6 Å². The van der Waals surface area contributed by atoms with Gasteiger partial charge in [0.1, 0.15) is 5.01 Å². The number of benzene rings is 1. The van der Waals surface area contributed by atoms with E-state index in [9.17, 15) is 0 Å². The Morgan fingerprint density at radius 3 is 2.58 bits per heavy atom. The first kappa shape index (κ1) is 12.5. The fourth-order valence-corrected chi connectivity index (χ4v) is 2.86. The van der Waals surface area contributed by atoms with Crippen LogP contribution in [0.1, 0.15) is 5.56 Å². The molecule has 0 unspecified atom stereocenters. The van der Waals surface area contributed by atoms with Crippen LogP contribution in [0.25, 0.3) is 22.0 Å². The predicted octanol–water partition coefficient (Wildman–Crippen LogP) is 4.94. The maximum absolute atomic E-state index is 4.66. The molecule has 0 saturated carbocycles. The molecule has 3 aromatic rings. The van der Waals surface area contributed by atoms with Crippen LogP contribution in [0.15, 0.2) is 52.4 Å². The fraction of sp³-hybridized carbons (Fsp3) is 0.0667. The minimum absolute atomic E-state index is 0.938. The summed E-state index contributed by atoms with van der Waals surface area (Å²) in [4.78, 5) is 9.03. The first-order valence-corrected chi connectivity index (χ1v) is 7.54. The number of pyridine rings is 1. The average Bonchev–Trinajstić information content (AvgIpc) is 2.89. The highest BCUT2D eigenvalue weighted by atomic mass is 79.9. The Morgan fingerprint density at radius 2 is 1.84 bits per heavy atom. The van der Waals surface area contributed by atoms with Crippen LogP contribution in [0, 0.1) is 6.92 Å². The molecule has 0 N–H and O–H groups in total. The summed E-state index contributed by atoms with van der Waals surface area (Å²) in [7, 11) is 0. The van der Waals surface area contributed by atoms with Gasteiger partial charge in [0.2, 0.25) is 0 Å². The lowest BCUT2D eigenvalue weighted by atomic mass is 10.2. The van der Waals surface area contributed by atoms with Gasteiger partial charge >= 0.3 is 0 Å². The van der Waals surface area contributed by atoms with Crippen LogP contribution in [-0.4, -0.2) is 9.97 Å². The second-order valence-electron chi connectivity index (χ2n) is 4.26. The molecule has 0 aliphatic carbocycles. The number of nitrogens with zero attached hydrogens (tertiary/aromatic N) is 2. The van der Waals surface area contributed by atoms with Crippen LogP contribution in [0.3, 0.4) is 0 Å². The average molecular weight is 331 g/mol. The minimum atomic E-state index is 0.938. The minimum Gasteiger partial charge on any atom is -0.254 e. The van der Waals surface area contributed by atoms with Crippen LogP contribution in [-0.2, 0) is 0 Å². The van der Waals surface area contributed by atoms with Gasteiger partial charge in [-0.3, -0.25) is 4.98 Å². The lowest BCUT2D eigenvalue weighted by Crippen LogP contribution is -1.84. The summed E-state index contributed by atoms with van der Waals surface area (Å²) in [6.45, 7) is 2.06. The number of hydrogen-bond acceptors (Lipinski definition) is 3. The second kappa shape index (κ2) is 5.23. The van der Waals surface area contributed by atoms with Gasteiger partial charge in [0.05, 0.1) is 11.4 Å². The summed E-state index contributed by atoms with van der Waals surface area (Å²) in [6.07, 6.45) is 1.82. The van der Waals surface area contributed by atoms with E-state index >= 15 is 0 Å². The van der Waals surface area contributed by atoms with E-state index in [0.29, 0.717) is 0 Å². The number of thiazole rings is 1. The molecule has 3 rings (SSSR count). The van der Waals surface area contributed by atoms with Gasteiger partial charge in [-0.1, -0.05) is 28.1 Å². The van der Waals surface area contributed by atoms with E-state index in [1.807, 2.05) is 24.4 Å². The third kappa shape index (κ3) is 2.74. The summed E-state index contributed by atoms with van der Waals surface area (Å²) in [6, 6.07) is 12.2. The van der Waals surface area contributed by atoms with E-state index in [1.165, 1.54) is 5.56 Å². The van der Waals surface area contributed by atoms with Crippen molar-refractivity contribution in [3.63, 3.8) is 0 Å². The largest absolute Gasteiger partial charge is 0.254 e. The van der Waals surface area contributed by atoms with Crippen molar-refractivity contribution in [3.8, 4) is 22.0 Å². The van der Waals surface area contributed by atoms with Gasteiger partial charge in [0.25, 0.3) is 0 Å². The van der Waals surface area contributed by atoms with Crippen molar-refractivity contribution in [2.75, 3.05) is 0 Å². The van der Waals surface area contributed by atoms with Crippen molar-refractivity contribution < 1.29 is 0 Å². The highest BCUT2D eigenvalue weighted by Gasteiger charge is 2.07. The van der Waals surface area contributed by atoms with E-state index in [-0.39, 0.29) is 0 Å². The molecule has 4 heteroatoms. The zero-order valence-corrected chi connectivity index (χ0v) is 12.7. The summed E-state index contributed by atoms with van der Waals surface area (Å²) >= 11 is 5.07. The van der Waals surface area contributed by atoms with Crippen LogP contribution >= 0.6 is 27.3 Å². The number of rotatable bonds is 2. The Bertz CT molecular complexity index is 704. The van der Waals surface area contributed by atoms with Crippen molar-refractivity contribution in [2.45, 2.75) is 6.92 Å². The SMILES string of the molecule is Cc1ccnc(-c2nc(-c3ccc(Br)cc3)cs2)c1. The van der Waals surface area contributed by atoms with Gasteiger partial charge in [-0.15, -0.1) is 11.3 Å². The molecule has 2 heterocycles. The molecule has 1 aromatic carbocycles. The lowest BCUT2D eigenvalue weighted by Gasteiger charge is -1.98. The first-order valence-electron chi connectivity index (χ1n) is 5.87. The number of aromatic nitrogens is 2. The Balaban J connectivity index is 1.97. The Morgan fingerprint density at radius 1 is 1.05 bits per heavy atom. The Labute approximate surface area is 124 Å². The summed E-state index contributed by atoms with van der Waals surface area (Å²) < 4.78 is 1.08. The first-order chi connectivity index (χ1) is 9.22. The molecule has 0 atom stereocenters. The third-order valence-electron chi connectivity index (χ3n) is 2.78. The second-order valence-corrected chi connectivity index (χ2v) is 6.04. The molecule has 2 aromatic heterocycles. The van der Waals surface area contributed by atoms with E-state index < -0.39 is 0 Å². The molecule has 0 saturated heterocycles.